The second-order valence-electron chi connectivity index (χ2n) is 9.63. The number of halogens is 1. The van der Waals surface area contributed by atoms with Crippen LogP contribution in [-0.2, 0) is 40.2 Å². The molecule has 216 valence electrons. The van der Waals surface area contributed by atoms with E-state index in [-0.39, 0.29) is 40.0 Å². The van der Waals surface area contributed by atoms with Crippen molar-refractivity contribution in [3.8, 4) is 0 Å². The van der Waals surface area contributed by atoms with Crippen LogP contribution in [0, 0.1) is 0 Å². The summed E-state index contributed by atoms with van der Waals surface area (Å²) in [6.45, 7) is 3.48. The Bertz CT molecular complexity index is 1540. The van der Waals surface area contributed by atoms with Gasteiger partial charge in [-0.25, -0.2) is 13.2 Å². The second kappa shape index (κ2) is 12.5. The monoisotopic (exact) mass is 600 g/mol. The number of hydrogen-bond donors (Lipinski definition) is 1. The van der Waals surface area contributed by atoms with Crippen molar-refractivity contribution in [2.75, 3.05) is 18.6 Å². The lowest BCUT2D eigenvalue weighted by atomic mass is 10.0. The fourth-order valence-corrected chi connectivity index (χ4v) is 5.52. The topological polar surface area (TPSA) is 128 Å². The number of benzene rings is 3. The normalized spacial score (nSPS) is 16.2. The van der Waals surface area contributed by atoms with Crippen molar-refractivity contribution >= 4 is 50.7 Å². The maximum Gasteiger partial charge on any atom is 0.397 e. The van der Waals surface area contributed by atoms with Gasteiger partial charge in [0.2, 0.25) is 10.0 Å². The van der Waals surface area contributed by atoms with Crippen LogP contribution in [0.3, 0.4) is 0 Å². The Labute approximate surface area is 243 Å². The largest absolute Gasteiger partial charge is 0.462 e. The number of Topliss-reactive ketones (excluding diaryl/α,β-unsaturated/α-hetero) is 1. The third-order valence-corrected chi connectivity index (χ3v) is 7.95. The van der Waals surface area contributed by atoms with Crippen LogP contribution in [0.2, 0.25) is 5.02 Å². The van der Waals surface area contributed by atoms with E-state index >= 15 is 0 Å². The second-order valence-corrected chi connectivity index (χ2v) is 11.8. The molecule has 1 unspecified atom stereocenters. The number of aryl methyl sites for hydroxylation is 1. The van der Waals surface area contributed by atoms with Crippen molar-refractivity contribution in [1.29, 1.82) is 0 Å². The molecule has 41 heavy (non-hydrogen) atoms. The van der Waals surface area contributed by atoms with Crippen LogP contribution in [0.5, 0.6) is 0 Å². The number of hydrogen-bond acceptors (Lipinski definition) is 8. The minimum atomic E-state index is -3.86. The molecule has 0 saturated carbocycles. The van der Waals surface area contributed by atoms with Gasteiger partial charge < -0.3 is 14.2 Å². The molecule has 12 heteroatoms. The fourth-order valence-electron chi connectivity index (χ4n) is 4.26. The summed E-state index contributed by atoms with van der Waals surface area (Å²) in [5.74, 6) is -3.28. The third-order valence-electron chi connectivity index (χ3n) is 6.25. The standard InChI is InChI=1S/C29H29ClN2O8S/c1-29(2)39-18-26(40-29)31-41(36,37)22-13-9-19(10-14-22)11-16-25(33)23-15-12-20(30)17-24(23)32(27(34)28(35)38-3)21-7-5-4-6-8-21/h4-10,12-15,17,26,31H,11,16,18H2,1-3H3. The number of carbonyl (C=O) groups excluding carboxylic acids is 3. The molecule has 0 spiro atoms. The quantitative estimate of drug-likeness (QED) is 0.218. The molecule has 1 atom stereocenters. The lowest BCUT2D eigenvalue weighted by molar-refractivity contribution is -0.151. The lowest BCUT2D eigenvalue weighted by Gasteiger charge is -2.24. The summed E-state index contributed by atoms with van der Waals surface area (Å²) in [6, 6.07) is 19.0. The van der Waals surface area contributed by atoms with Crippen LogP contribution in [-0.4, -0.2) is 51.8 Å². The number of nitrogens with zero attached hydrogens (tertiary/aromatic N) is 1. The number of sulfonamides is 1. The highest BCUT2D eigenvalue weighted by molar-refractivity contribution is 7.89. The molecule has 0 aliphatic carbocycles. The van der Waals surface area contributed by atoms with E-state index in [0.29, 0.717) is 12.1 Å². The molecule has 1 heterocycles. The van der Waals surface area contributed by atoms with Gasteiger partial charge in [0, 0.05) is 22.7 Å². The summed E-state index contributed by atoms with van der Waals surface area (Å²) in [7, 11) is -2.76. The van der Waals surface area contributed by atoms with Gasteiger partial charge in [0.25, 0.3) is 0 Å². The maximum absolute atomic E-state index is 13.4. The van der Waals surface area contributed by atoms with E-state index in [2.05, 4.69) is 9.46 Å². The molecule has 3 aromatic carbocycles. The molecule has 1 aliphatic heterocycles. The van der Waals surface area contributed by atoms with Crippen LogP contribution >= 0.6 is 11.6 Å². The van der Waals surface area contributed by atoms with Gasteiger partial charge >= 0.3 is 11.9 Å². The highest BCUT2D eigenvalue weighted by Gasteiger charge is 2.35. The fraction of sp³-hybridized carbons (Fsp3) is 0.276. The Balaban J connectivity index is 1.51. The molecular formula is C29H29ClN2O8S. The van der Waals surface area contributed by atoms with E-state index in [1.165, 1.54) is 30.3 Å². The zero-order chi connectivity index (χ0) is 29.8. The van der Waals surface area contributed by atoms with Crippen molar-refractivity contribution in [3.63, 3.8) is 0 Å². The number of ether oxygens (including phenoxy) is 3. The van der Waals surface area contributed by atoms with Crippen molar-refractivity contribution in [2.45, 2.75) is 43.6 Å². The predicted octanol–water partition coefficient (Wildman–Crippen LogP) is 4.38. The number of esters is 1. The number of carbonyl (C=O) groups is 3. The number of methoxy groups -OCH3 is 1. The van der Waals surface area contributed by atoms with Crippen LogP contribution in [0.15, 0.2) is 77.7 Å². The molecule has 3 aromatic rings. The van der Waals surface area contributed by atoms with Gasteiger partial charge in [0.05, 0.1) is 24.3 Å². The van der Waals surface area contributed by atoms with Crippen LogP contribution < -0.4 is 9.62 Å². The molecule has 4 rings (SSSR count). The first-order valence-corrected chi connectivity index (χ1v) is 14.5. The average molecular weight is 601 g/mol. The van der Waals surface area contributed by atoms with Gasteiger partial charge in [0.15, 0.2) is 11.6 Å². The van der Waals surface area contributed by atoms with Gasteiger partial charge in [-0.2, -0.15) is 4.72 Å². The Morgan fingerprint density at radius 3 is 2.34 bits per heavy atom. The Morgan fingerprint density at radius 1 is 1.05 bits per heavy atom. The number of nitrogens with one attached hydrogen (secondary N) is 1. The van der Waals surface area contributed by atoms with Gasteiger partial charge in [-0.15, -0.1) is 0 Å². The van der Waals surface area contributed by atoms with Gasteiger partial charge in [-0.3, -0.25) is 14.5 Å². The molecular weight excluding hydrogens is 572 g/mol. The van der Waals surface area contributed by atoms with E-state index in [4.69, 9.17) is 21.1 Å². The zero-order valence-electron chi connectivity index (χ0n) is 22.6. The van der Waals surface area contributed by atoms with Crippen molar-refractivity contribution in [2.24, 2.45) is 0 Å². The Morgan fingerprint density at radius 2 is 1.73 bits per heavy atom. The average Bonchev–Trinajstić information content (AvgIpc) is 3.29. The summed E-state index contributed by atoms with van der Waals surface area (Å²) in [5, 5.41) is 0.263. The molecule has 0 bridgehead atoms. The minimum absolute atomic E-state index is 0.0381. The minimum Gasteiger partial charge on any atom is -0.462 e. The number of amides is 1. The molecule has 1 amide bonds. The lowest BCUT2D eigenvalue weighted by Crippen LogP contribution is -2.37. The predicted molar refractivity (Wildman–Crippen MR) is 151 cm³/mol. The Kier molecular flexibility index (Phi) is 9.25. The first kappa shape index (κ1) is 30.4. The molecule has 10 nitrogen and oxygen atoms in total. The van der Waals surface area contributed by atoms with E-state index in [0.717, 1.165) is 17.6 Å². The molecule has 1 aliphatic rings. The molecule has 0 aromatic heterocycles. The van der Waals surface area contributed by atoms with Crippen LogP contribution in [0.1, 0.15) is 36.2 Å². The molecule has 1 fully saturated rings. The van der Waals surface area contributed by atoms with Crippen molar-refractivity contribution < 1.29 is 37.0 Å². The highest BCUT2D eigenvalue weighted by Crippen LogP contribution is 2.33. The molecule has 1 saturated heterocycles. The smallest absolute Gasteiger partial charge is 0.397 e. The highest BCUT2D eigenvalue weighted by atomic mass is 35.5. The van der Waals surface area contributed by atoms with Crippen LogP contribution in [0.4, 0.5) is 11.4 Å². The van der Waals surface area contributed by atoms with Crippen LogP contribution in [0.25, 0.3) is 0 Å². The van der Waals surface area contributed by atoms with E-state index in [9.17, 15) is 22.8 Å². The summed E-state index contributed by atoms with van der Waals surface area (Å²) < 4.78 is 43.5. The zero-order valence-corrected chi connectivity index (χ0v) is 24.2. The number of rotatable bonds is 9. The van der Waals surface area contributed by atoms with Gasteiger partial charge in [-0.1, -0.05) is 41.9 Å². The number of anilines is 2. The summed E-state index contributed by atoms with van der Waals surface area (Å²) in [5.41, 5.74) is 1.39. The first-order valence-electron chi connectivity index (χ1n) is 12.6. The van der Waals surface area contributed by atoms with E-state index in [1.54, 1.807) is 56.3 Å². The first-order chi connectivity index (χ1) is 19.4. The molecule has 1 N–H and O–H groups in total. The summed E-state index contributed by atoms with van der Waals surface area (Å²) >= 11 is 6.23. The number of ketones is 1. The third kappa shape index (κ3) is 7.38. The Hall–Kier alpha value is -3.61. The maximum atomic E-state index is 13.4. The van der Waals surface area contributed by atoms with E-state index in [1.807, 2.05) is 0 Å². The van der Waals surface area contributed by atoms with Gasteiger partial charge in [0.1, 0.15) is 6.23 Å². The summed E-state index contributed by atoms with van der Waals surface area (Å²) in [6.07, 6.45) is -0.475. The van der Waals surface area contributed by atoms with E-state index < -0.39 is 33.9 Å². The van der Waals surface area contributed by atoms with Crippen molar-refractivity contribution in [3.05, 3.63) is 88.9 Å². The van der Waals surface area contributed by atoms with Crippen molar-refractivity contribution in [1.82, 2.24) is 4.72 Å². The van der Waals surface area contributed by atoms with Gasteiger partial charge in [-0.05, 0) is 68.3 Å². The number of para-hydroxylation sites is 1. The summed E-state index contributed by atoms with van der Waals surface area (Å²) in [4.78, 5) is 39.8. The SMILES string of the molecule is COC(=O)C(=O)N(c1ccccc1)c1cc(Cl)ccc1C(=O)CCc1ccc(S(=O)(=O)NC2COC(C)(C)O2)cc1. The molecule has 0 radical (unpaired) electrons.